The van der Waals surface area contributed by atoms with Gasteiger partial charge in [0.05, 0.1) is 0 Å². The van der Waals surface area contributed by atoms with E-state index in [0.717, 1.165) is 31.5 Å². The molecule has 4 nitrogen and oxygen atoms in total. The van der Waals surface area contributed by atoms with Gasteiger partial charge in [-0.3, -0.25) is 9.69 Å². The summed E-state index contributed by atoms with van der Waals surface area (Å²) in [6.07, 6.45) is 7.81. The third kappa shape index (κ3) is 4.58. The van der Waals surface area contributed by atoms with Crippen LogP contribution in [0, 0.1) is 5.92 Å². The number of nitrogens with zero attached hydrogens (tertiary/aromatic N) is 1. The van der Waals surface area contributed by atoms with Crippen molar-refractivity contribution in [3.63, 3.8) is 0 Å². The first-order valence-corrected chi connectivity index (χ1v) is 9.50. The standard InChI is InChI=1S/C20H31N3O/c1-15-5-2-3-12-23(15)14-16-8-10-18(11-9-16)22-20(24)13-17-6-4-7-19(17)21/h8-11,15,17,19H,2-7,12-14,21H2,1H3,(H,22,24)/t15?,17-,19+/m0/s1. The van der Waals surface area contributed by atoms with Crippen molar-refractivity contribution in [2.24, 2.45) is 11.7 Å². The molecule has 2 aliphatic rings. The minimum Gasteiger partial charge on any atom is -0.327 e. The van der Waals surface area contributed by atoms with Gasteiger partial charge >= 0.3 is 0 Å². The number of nitrogens with one attached hydrogen (secondary N) is 1. The van der Waals surface area contributed by atoms with Gasteiger partial charge in [0.1, 0.15) is 0 Å². The van der Waals surface area contributed by atoms with Gasteiger partial charge < -0.3 is 11.1 Å². The molecule has 4 heteroatoms. The number of hydrogen-bond donors (Lipinski definition) is 2. The van der Waals surface area contributed by atoms with Gasteiger partial charge in [0, 0.05) is 30.7 Å². The fourth-order valence-corrected chi connectivity index (χ4v) is 4.09. The van der Waals surface area contributed by atoms with Gasteiger partial charge in [-0.15, -0.1) is 0 Å². The highest BCUT2D eigenvalue weighted by molar-refractivity contribution is 5.90. The topological polar surface area (TPSA) is 58.4 Å². The predicted octanol–water partition coefficient (Wildman–Crippen LogP) is 3.52. The van der Waals surface area contributed by atoms with Gasteiger partial charge in [0.15, 0.2) is 0 Å². The van der Waals surface area contributed by atoms with Crippen LogP contribution in [0.15, 0.2) is 24.3 Å². The molecule has 1 saturated carbocycles. The average Bonchev–Trinajstić information content (AvgIpc) is 2.96. The number of amides is 1. The first-order valence-electron chi connectivity index (χ1n) is 9.50. The molecular weight excluding hydrogens is 298 g/mol. The Hall–Kier alpha value is -1.39. The number of likely N-dealkylation sites (tertiary alicyclic amines) is 1. The minimum absolute atomic E-state index is 0.0924. The highest BCUT2D eigenvalue weighted by Gasteiger charge is 2.26. The average molecular weight is 329 g/mol. The molecule has 3 atom stereocenters. The summed E-state index contributed by atoms with van der Waals surface area (Å²) in [5.74, 6) is 0.444. The molecule has 1 saturated heterocycles. The summed E-state index contributed by atoms with van der Waals surface area (Å²) in [4.78, 5) is 14.7. The molecule has 3 rings (SSSR count). The molecule has 1 aliphatic carbocycles. The Morgan fingerprint density at radius 1 is 1.17 bits per heavy atom. The number of benzene rings is 1. The maximum Gasteiger partial charge on any atom is 0.224 e. The van der Waals surface area contributed by atoms with Crippen molar-refractivity contribution in [1.29, 1.82) is 0 Å². The number of anilines is 1. The zero-order chi connectivity index (χ0) is 16.9. The van der Waals surface area contributed by atoms with E-state index in [0.29, 0.717) is 18.4 Å². The smallest absolute Gasteiger partial charge is 0.224 e. The van der Waals surface area contributed by atoms with E-state index in [1.54, 1.807) is 0 Å². The Bertz CT molecular complexity index is 542. The molecule has 1 unspecified atom stereocenters. The zero-order valence-corrected chi connectivity index (χ0v) is 14.8. The van der Waals surface area contributed by atoms with Crippen molar-refractivity contribution >= 4 is 11.6 Å². The molecule has 2 fully saturated rings. The third-order valence-corrected chi connectivity index (χ3v) is 5.73. The maximum atomic E-state index is 12.2. The van der Waals surface area contributed by atoms with Crippen molar-refractivity contribution in [2.45, 2.75) is 70.5 Å². The number of piperidine rings is 1. The lowest BCUT2D eigenvalue weighted by Gasteiger charge is -2.33. The van der Waals surface area contributed by atoms with Crippen molar-refractivity contribution in [3.05, 3.63) is 29.8 Å². The van der Waals surface area contributed by atoms with Gasteiger partial charge in [-0.05, 0) is 62.8 Å². The molecule has 1 aliphatic heterocycles. The molecule has 0 aromatic heterocycles. The van der Waals surface area contributed by atoms with Gasteiger partial charge in [-0.2, -0.15) is 0 Å². The van der Waals surface area contributed by atoms with Crippen LogP contribution in [0.2, 0.25) is 0 Å². The van der Waals surface area contributed by atoms with E-state index in [1.165, 1.54) is 31.4 Å². The Labute approximate surface area is 145 Å². The lowest BCUT2D eigenvalue weighted by molar-refractivity contribution is -0.117. The van der Waals surface area contributed by atoms with Crippen LogP contribution in [0.4, 0.5) is 5.69 Å². The van der Waals surface area contributed by atoms with E-state index in [4.69, 9.17) is 5.73 Å². The number of carbonyl (C=O) groups excluding carboxylic acids is 1. The summed E-state index contributed by atoms with van der Waals surface area (Å²) in [7, 11) is 0. The highest BCUT2D eigenvalue weighted by Crippen LogP contribution is 2.27. The van der Waals surface area contributed by atoms with Crippen LogP contribution in [-0.2, 0) is 11.3 Å². The van der Waals surface area contributed by atoms with E-state index < -0.39 is 0 Å². The van der Waals surface area contributed by atoms with Gasteiger partial charge in [0.2, 0.25) is 5.91 Å². The molecule has 0 radical (unpaired) electrons. The molecule has 1 aromatic rings. The van der Waals surface area contributed by atoms with Crippen molar-refractivity contribution < 1.29 is 4.79 Å². The Morgan fingerprint density at radius 2 is 1.96 bits per heavy atom. The summed E-state index contributed by atoms with van der Waals surface area (Å²) >= 11 is 0. The number of hydrogen-bond acceptors (Lipinski definition) is 3. The molecule has 1 aromatic carbocycles. The first-order chi connectivity index (χ1) is 11.6. The van der Waals surface area contributed by atoms with Crippen LogP contribution < -0.4 is 11.1 Å². The molecular formula is C20H31N3O. The second kappa shape index (κ2) is 8.13. The molecule has 0 bridgehead atoms. The van der Waals surface area contributed by atoms with E-state index >= 15 is 0 Å². The molecule has 3 N–H and O–H groups in total. The van der Waals surface area contributed by atoms with E-state index in [9.17, 15) is 4.79 Å². The van der Waals surface area contributed by atoms with Crippen LogP contribution in [0.3, 0.4) is 0 Å². The molecule has 132 valence electrons. The summed E-state index contributed by atoms with van der Waals surface area (Å²) in [6.45, 7) is 4.52. The van der Waals surface area contributed by atoms with Crippen LogP contribution in [-0.4, -0.2) is 29.4 Å². The fourth-order valence-electron chi connectivity index (χ4n) is 4.09. The largest absolute Gasteiger partial charge is 0.327 e. The molecule has 24 heavy (non-hydrogen) atoms. The Kier molecular flexibility index (Phi) is 5.90. The second-order valence-corrected chi connectivity index (χ2v) is 7.62. The first kappa shape index (κ1) is 17.4. The van der Waals surface area contributed by atoms with Crippen molar-refractivity contribution in [2.75, 3.05) is 11.9 Å². The van der Waals surface area contributed by atoms with Gasteiger partial charge in [0.25, 0.3) is 0 Å². The summed E-state index contributed by atoms with van der Waals surface area (Å²) in [6, 6.07) is 9.20. The van der Waals surface area contributed by atoms with E-state index in [-0.39, 0.29) is 11.9 Å². The second-order valence-electron chi connectivity index (χ2n) is 7.62. The summed E-state index contributed by atoms with van der Waals surface area (Å²) in [5, 5.41) is 3.02. The predicted molar refractivity (Wildman–Crippen MR) is 98.7 cm³/mol. The van der Waals surface area contributed by atoms with Gasteiger partial charge in [-0.1, -0.05) is 25.0 Å². The third-order valence-electron chi connectivity index (χ3n) is 5.73. The Morgan fingerprint density at radius 3 is 2.62 bits per heavy atom. The molecule has 0 spiro atoms. The fraction of sp³-hybridized carbons (Fsp3) is 0.650. The van der Waals surface area contributed by atoms with Crippen LogP contribution in [0.1, 0.15) is 57.4 Å². The maximum absolute atomic E-state index is 12.2. The lowest BCUT2D eigenvalue weighted by Crippen LogP contribution is -2.36. The van der Waals surface area contributed by atoms with Crippen LogP contribution in [0.25, 0.3) is 0 Å². The van der Waals surface area contributed by atoms with Crippen LogP contribution >= 0.6 is 0 Å². The summed E-state index contributed by atoms with van der Waals surface area (Å²) in [5.41, 5.74) is 8.27. The van der Waals surface area contributed by atoms with Crippen molar-refractivity contribution in [1.82, 2.24) is 4.90 Å². The SMILES string of the molecule is CC1CCCCN1Cc1ccc(NC(=O)C[C@@H]2CCC[C@H]2N)cc1. The van der Waals surface area contributed by atoms with E-state index in [2.05, 4.69) is 29.3 Å². The minimum atomic E-state index is 0.0924. The normalized spacial score (nSPS) is 28.0. The highest BCUT2D eigenvalue weighted by atomic mass is 16.1. The van der Waals surface area contributed by atoms with Crippen molar-refractivity contribution in [3.8, 4) is 0 Å². The Balaban J connectivity index is 1.49. The van der Waals surface area contributed by atoms with E-state index in [1.807, 2.05) is 12.1 Å². The number of carbonyl (C=O) groups is 1. The molecule has 1 amide bonds. The quantitative estimate of drug-likeness (QED) is 0.869. The zero-order valence-electron chi connectivity index (χ0n) is 14.8. The number of rotatable bonds is 5. The molecule has 1 heterocycles. The van der Waals surface area contributed by atoms with Gasteiger partial charge in [-0.25, -0.2) is 0 Å². The lowest BCUT2D eigenvalue weighted by atomic mass is 10.00. The van der Waals surface area contributed by atoms with Crippen LogP contribution in [0.5, 0.6) is 0 Å². The number of nitrogens with two attached hydrogens (primary N) is 1. The monoisotopic (exact) mass is 329 g/mol. The summed E-state index contributed by atoms with van der Waals surface area (Å²) < 4.78 is 0.